The van der Waals surface area contributed by atoms with E-state index in [-0.39, 0.29) is 6.61 Å². The first-order valence-corrected chi connectivity index (χ1v) is 6.39. The molecule has 2 rings (SSSR count). The van der Waals surface area contributed by atoms with Gasteiger partial charge in [0.1, 0.15) is 0 Å². The molecular weight excluding hydrogens is 232 g/mol. The van der Waals surface area contributed by atoms with Crippen LogP contribution < -0.4 is 0 Å². The second-order valence-electron chi connectivity index (χ2n) is 5.30. The van der Waals surface area contributed by atoms with Crippen molar-refractivity contribution >= 4 is 5.97 Å². The van der Waals surface area contributed by atoms with Gasteiger partial charge in [0.05, 0.1) is 17.7 Å². The number of hydrogen-bond acceptors (Lipinski definition) is 3. The predicted molar refractivity (Wildman–Crippen MR) is 66.4 cm³/mol. The number of ether oxygens (including phenoxy) is 1. The van der Waals surface area contributed by atoms with E-state index in [1.54, 1.807) is 0 Å². The molecule has 100 valence electrons. The number of nitrogens with zero attached hydrogens (tertiary/aromatic N) is 2. The van der Waals surface area contributed by atoms with Crippen molar-refractivity contribution in [2.75, 3.05) is 13.2 Å². The molecule has 0 amide bonds. The van der Waals surface area contributed by atoms with Crippen LogP contribution in [0.2, 0.25) is 0 Å². The van der Waals surface area contributed by atoms with E-state index in [0.29, 0.717) is 25.5 Å². The fourth-order valence-electron chi connectivity index (χ4n) is 2.34. The van der Waals surface area contributed by atoms with Crippen molar-refractivity contribution in [1.82, 2.24) is 9.78 Å². The number of carboxylic acid groups (broad SMARTS) is 1. The lowest BCUT2D eigenvalue weighted by Crippen LogP contribution is -2.41. The molecule has 2 heterocycles. The zero-order valence-electron chi connectivity index (χ0n) is 10.9. The number of carboxylic acids is 1. The van der Waals surface area contributed by atoms with E-state index < -0.39 is 11.4 Å². The molecule has 1 atom stereocenters. The van der Waals surface area contributed by atoms with E-state index >= 15 is 0 Å². The van der Waals surface area contributed by atoms with E-state index in [0.717, 1.165) is 12.1 Å². The van der Waals surface area contributed by atoms with E-state index in [1.165, 1.54) is 0 Å². The highest BCUT2D eigenvalue weighted by Gasteiger charge is 2.41. The van der Waals surface area contributed by atoms with Gasteiger partial charge < -0.3 is 9.84 Å². The number of aliphatic carboxylic acids is 1. The Kier molecular flexibility index (Phi) is 3.71. The summed E-state index contributed by atoms with van der Waals surface area (Å²) in [6.45, 7) is 5.05. The third-order valence-electron chi connectivity index (χ3n) is 3.49. The molecule has 1 aromatic heterocycles. The van der Waals surface area contributed by atoms with Gasteiger partial charge in [0.25, 0.3) is 0 Å². The van der Waals surface area contributed by atoms with Crippen molar-refractivity contribution in [3.63, 3.8) is 0 Å². The van der Waals surface area contributed by atoms with E-state index in [2.05, 4.69) is 5.10 Å². The molecule has 0 aromatic carbocycles. The van der Waals surface area contributed by atoms with Crippen molar-refractivity contribution in [3.8, 4) is 0 Å². The summed E-state index contributed by atoms with van der Waals surface area (Å²) in [5.41, 5.74) is 0.0330. The van der Waals surface area contributed by atoms with E-state index in [9.17, 15) is 9.90 Å². The summed E-state index contributed by atoms with van der Waals surface area (Å²) in [4.78, 5) is 11.5. The van der Waals surface area contributed by atoms with Crippen molar-refractivity contribution in [2.45, 2.75) is 39.2 Å². The predicted octanol–water partition coefficient (Wildman–Crippen LogP) is 1.89. The zero-order chi connectivity index (χ0) is 13.2. The monoisotopic (exact) mass is 252 g/mol. The molecule has 0 saturated carbocycles. The summed E-state index contributed by atoms with van der Waals surface area (Å²) in [6.07, 6.45) is 3.81. The zero-order valence-corrected chi connectivity index (χ0v) is 10.9. The SMILES string of the molecule is CC(C)n1ccc(CC2(C(=O)O)CCCOC2)n1. The van der Waals surface area contributed by atoms with Gasteiger partial charge >= 0.3 is 5.97 Å². The van der Waals surface area contributed by atoms with Crippen LogP contribution in [-0.4, -0.2) is 34.1 Å². The first-order valence-electron chi connectivity index (χ1n) is 6.39. The molecule has 1 aromatic rings. The van der Waals surface area contributed by atoms with Crippen molar-refractivity contribution in [2.24, 2.45) is 5.41 Å². The van der Waals surface area contributed by atoms with Crippen LogP contribution >= 0.6 is 0 Å². The number of rotatable bonds is 4. The molecule has 18 heavy (non-hydrogen) atoms. The Hall–Kier alpha value is -1.36. The normalized spacial score (nSPS) is 24.4. The molecule has 1 aliphatic heterocycles. The maximum absolute atomic E-state index is 11.5. The van der Waals surface area contributed by atoms with Crippen LogP contribution in [0.15, 0.2) is 12.3 Å². The van der Waals surface area contributed by atoms with Gasteiger partial charge in [-0.2, -0.15) is 5.10 Å². The molecule has 1 fully saturated rings. The molecule has 0 bridgehead atoms. The average molecular weight is 252 g/mol. The van der Waals surface area contributed by atoms with Gasteiger partial charge in [0.15, 0.2) is 0 Å². The lowest BCUT2D eigenvalue weighted by molar-refractivity contribution is -0.157. The Morgan fingerprint density at radius 3 is 2.94 bits per heavy atom. The van der Waals surface area contributed by atoms with Gasteiger partial charge in [-0.15, -0.1) is 0 Å². The molecule has 0 radical (unpaired) electrons. The molecular formula is C13H20N2O3. The van der Waals surface area contributed by atoms with Gasteiger partial charge in [-0.1, -0.05) is 0 Å². The van der Waals surface area contributed by atoms with Crippen LogP contribution in [0.4, 0.5) is 0 Å². The van der Waals surface area contributed by atoms with Crippen molar-refractivity contribution in [3.05, 3.63) is 18.0 Å². The first-order chi connectivity index (χ1) is 8.53. The largest absolute Gasteiger partial charge is 0.481 e. The van der Waals surface area contributed by atoms with Gasteiger partial charge in [-0.3, -0.25) is 9.48 Å². The minimum absolute atomic E-state index is 0.289. The molecule has 1 N–H and O–H groups in total. The quantitative estimate of drug-likeness (QED) is 0.888. The summed E-state index contributed by atoms with van der Waals surface area (Å²) in [5, 5.41) is 13.9. The maximum Gasteiger partial charge on any atom is 0.312 e. The van der Waals surface area contributed by atoms with E-state index in [4.69, 9.17) is 4.74 Å². The summed E-state index contributed by atoms with van der Waals surface area (Å²) in [7, 11) is 0. The van der Waals surface area contributed by atoms with Crippen LogP contribution in [-0.2, 0) is 16.0 Å². The van der Waals surface area contributed by atoms with Gasteiger partial charge in [0.2, 0.25) is 0 Å². The summed E-state index contributed by atoms with van der Waals surface area (Å²) in [5.74, 6) is -0.777. The molecule has 1 unspecified atom stereocenters. The number of aromatic nitrogens is 2. The highest BCUT2D eigenvalue weighted by molar-refractivity contribution is 5.75. The Labute approximate surface area is 107 Å². The van der Waals surface area contributed by atoms with Crippen LogP contribution in [0.3, 0.4) is 0 Å². The lowest BCUT2D eigenvalue weighted by atomic mass is 9.78. The van der Waals surface area contributed by atoms with Gasteiger partial charge in [-0.25, -0.2) is 0 Å². The van der Waals surface area contributed by atoms with Crippen LogP contribution in [0.5, 0.6) is 0 Å². The molecule has 5 heteroatoms. The van der Waals surface area contributed by atoms with Gasteiger partial charge in [0, 0.05) is 25.3 Å². The van der Waals surface area contributed by atoms with Crippen LogP contribution in [0, 0.1) is 5.41 Å². The average Bonchev–Trinajstić information content (AvgIpc) is 2.78. The van der Waals surface area contributed by atoms with Crippen LogP contribution in [0.1, 0.15) is 38.4 Å². The number of carbonyl (C=O) groups is 1. The Morgan fingerprint density at radius 2 is 2.44 bits per heavy atom. The van der Waals surface area contributed by atoms with Crippen LogP contribution in [0.25, 0.3) is 0 Å². The highest BCUT2D eigenvalue weighted by atomic mass is 16.5. The minimum atomic E-state index is -0.797. The highest BCUT2D eigenvalue weighted by Crippen LogP contribution is 2.32. The lowest BCUT2D eigenvalue weighted by Gasteiger charge is -2.32. The first kappa shape index (κ1) is 13.1. The standard InChI is InChI=1S/C13H20N2O3/c1-10(2)15-6-4-11(14-15)8-13(12(16)17)5-3-7-18-9-13/h4,6,10H,3,5,7-9H2,1-2H3,(H,16,17). The molecule has 5 nitrogen and oxygen atoms in total. The summed E-state index contributed by atoms with van der Waals surface area (Å²) < 4.78 is 7.21. The third-order valence-corrected chi connectivity index (χ3v) is 3.49. The van der Waals surface area contributed by atoms with E-state index in [1.807, 2.05) is 30.8 Å². The Balaban J connectivity index is 2.15. The second kappa shape index (κ2) is 5.10. The maximum atomic E-state index is 11.5. The topological polar surface area (TPSA) is 64.4 Å². The second-order valence-corrected chi connectivity index (χ2v) is 5.30. The summed E-state index contributed by atoms with van der Waals surface area (Å²) in [6, 6.07) is 2.20. The minimum Gasteiger partial charge on any atom is -0.481 e. The fraction of sp³-hybridized carbons (Fsp3) is 0.692. The number of hydrogen-bond donors (Lipinski definition) is 1. The molecule has 0 aliphatic carbocycles. The molecule has 0 spiro atoms. The fourth-order valence-corrected chi connectivity index (χ4v) is 2.34. The Morgan fingerprint density at radius 1 is 1.67 bits per heavy atom. The smallest absolute Gasteiger partial charge is 0.312 e. The third kappa shape index (κ3) is 2.56. The van der Waals surface area contributed by atoms with Crippen molar-refractivity contribution in [1.29, 1.82) is 0 Å². The molecule has 1 saturated heterocycles. The summed E-state index contributed by atoms with van der Waals surface area (Å²) >= 11 is 0. The Bertz CT molecular complexity index is 420. The molecule has 1 aliphatic rings. The van der Waals surface area contributed by atoms with Gasteiger partial charge in [-0.05, 0) is 32.8 Å². The van der Waals surface area contributed by atoms with Crippen molar-refractivity contribution < 1.29 is 14.6 Å².